The van der Waals surface area contributed by atoms with Crippen molar-refractivity contribution in [1.29, 1.82) is 0 Å². The molecule has 0 atom stereocenters. The fourth-order valence-corrected chi connectivity index (χ4v) is 1.31. The van der Waals surface area contributed by atoms with Gasteiger partial charge in [0.05, 0.1) is 19.7 Å². The quantitative estimate of drug-likeness (QED) is 0.380. The van der Waals surface area contributed by atoms with E-state index in [4.69, 9.17) is 0 Å². The lowest BCUT2D eigenvalue weighted by Crippen LogP contribution is -2.51. The van der Waals surface area contributed by atoms with Crippen LogP contribution in [0.5, 0.6) is 0 Å². The Kier molecular flexibility index (Phi) is 4.65. The summed E-state index contributed by atoms with van der Waals surface area (Å²) in [4.78, 5) is 34.6. The average Bonchev–Trinajstić information content (AvgIpc) is 2.16. The molecule has 0 spiro atoms. The van der Waals surface area contributed by atoms with E-state index in [1.807, 2.05) is 0 Å². The molecule has 1 saturated heterocycles. The van der Waals surface area contributed by atoms with Gasteiger partial charge >= 0.3 is 5.97 Å². The fraction of sp³-hybridized carbons (Fsp3) is 0.500. The molecule has 1 rings (SSSR count). The van der Waals surface area contributed by atoms with Gasteiger partial charge in [0.15, 0.2) is 0 Å². The smallest absolute Gasteiger partial charge is 0.330 e. The SMILES string of the molecule is CCOC(=O)/C=C/CN1CC(=O)NC(=O)C1. The molecule has 88 valence electrons. The van der Waals surface area contributed by atoms with Gasteiger partial charge in [0.1, 0.15) is 0 Å². The highest BCUT2D eigenvalue weighted by atomic mass is 16.5. The number of amides is 2. The normalized spacial score (nSPS) is 17.6. The van der Waals surface area contributed by atoms with Gasteiger partial charge in [0.2, 0.25) is 11.8 Å². The second-order valence-corrected chi connectivity index (χ2v) is 3.30. The molecule has 2 amide bonds. The molecule has 1 fully saturated rings. The molecule has 0 bridgehead atoms. The van der Waals surface area contributed by atoms with Crippen molar-refractivity contribution in [2.75, 3.05) is 26.2 Å². The molecular weight excluding hydrogens is 212 g/mol. The Morgan fingerprint density at radius 1 is 1.44 bits per heavy atom. The van der Waals surface area contributed by atoms with Crippen molar-refractivity contribution in [3.05, 3.63) is 12.2 Å². The zero-order chi connectivity index (χ0) is 12.0. The lowest BCUT2D eigenvalue weighted by atomic mass is 10.3. The molecule has 0 radical (unpaired) electrons. The average molecular weight is 226 g/mol. The van der Waals surface area contributed by atoms with Crippen LogP contribution in [0.3, 0.4) is 0 Å². The Hall–Kier alpha value is -1.69. The monoisotopic (exact) mass is 226 g/mol. The van der Waals surface area contributed by atoms with Crippen molar-refractivity contribution >= 4 is 17.8 Å². The third kappa shape index (κ3) is 4.22. The van der Waals surface area contributed by atoms with Crippen LogP contribution in [0.15, 0.2) is 12.2 Å². The molecular formula is C10H14N2O4. The molecule has 1 aliphatic rings. The van der Waals surface area contributed by atoms with Gasteiger partial charge in [-0.25, -0.2) is 4.79 Å². The molecule has 6 heteroatoms. The number of carbonyl (C=O) groups excluding carboxylic acids is 3. The lowest BCUT2D eigenvalue weighted by molar-refractivity contribution is -0.137. The van der Waals surface area contributed by atoms with Crippen LogP contribution in [0.4, 0.5) is 0 Å². The standard InChI is InChI=1S/C10H14N2O4/c1-2-16-10(15)4-3-5-12-6-8(13)11-9(14)7-12/h3-4H,2,5-7H2,1H3,(H,11,13,14)/b4-3+. The number of piperazine rings is 1. The highest BCUT2D eigenvalue weighted by Crippen LogP contribution is 1.95. The van der Waals surface area contributed by atoms with Crippen molar-refractivity contribution in [3.63, 3.8) is 0 Å². The van der Waals surface area contributed by atoms with Crippen LogP contribution in [-0.4, -0.2) is 48.9 Å². The van der Waals surface area contributed by atoms with Crippen molar-refractivity contribution in [2.24, 2.45) is 0 Å². The van der Waals surface area contributed by atoms with Crippen LogP contribution in [0, 0.1) is 0 Å². The summed E-state index contributed by atoms with van der Waals surface area (Å²) in [5.41, 5.74) is 0. The van der Waals surface area contributed by atoms with Crippen molar-refractivity contribution in [1.82, 2.24) is 10.2 Å². The van der Waals surface area contributed by atoms with Crippen LogP contribution in [-0.2, 0) is 19.1 Å². The summed E-state index contributed by atoms with van der Waals surface area (Å²) in [5.74, 6) is -1.06. The number of hydrogen-bond donors (Lipinski definition) is 1. The molecule has 0 saturated carbocycles. The first-order valence-corrected chi connectivity index (χ1v) is 5.00. The molecule has 0 aromatic carbocycles. The van der Waals surface area contributed by atoms with Gasteiger partial charge in [-0.2, -0.15) is 0 Å². The maximum atomic E-state index is 11.0. The first-order valence-electron chi connectivity index (χ1n) is 5.00. The molecule has 0 aliphatic carbocycles. The van der Waals surface area contributed by atoms with E-state index in [0.29, 0.717) is 13.2 Å². The molecule has 1 aliphatic heterocycles. The number of rotatable bonds is 4. The number of carbonyl (C=O) groups is 3. The maximum absolute atomic E-state index is 11.0. The number of nitrogens with one attached hydrogen (secondary N) is 1. The van der Waals surface area contributed by atoms with Crippen LogP contribution in [0.25, 0.3) is 0 Å². The minimum Gasteiger partial charge on any atom is -0.463 e. The van der Waals surface area contributed by atoms with Gasteiger partial charge in [-0.05, 0) is 6.92 Å². The zero-order valence-corrected chi connectivity index (χ0v) is 9.06. The van der Waals surface area contributed by atoms with Crippen LogP contribution < -0.4 is 5.32 Å². The highest BCUT2D eigenvalue weighted by Gasteiger charge is 2.20. The van der Waals surface area contributed by atoms with E-state index in [0.717, 1.165) is 0 Å². The van der Waals surface area contributed by atoms with Gasteiger partial charge in [-0.15, -0.1) is 0 Å². The molecule has 1 heterocycles. The third-order valence-electron chi connectivity index (χ3n) is 1.92. The lowest BCUT2D eigenvalue weighted by Gasteiger charge is -2.23. The first-order chi connectivity index (χ1) is 7.61. The predicted molar refractivity (Wildman–Crippen MR) is 55.4 cm³/mol. The van der Waals surface area contributed by atoms with Crippen molar-refractivity contribution < 1.29 is 19.1 Å². The number of ether oxygens (including phenoxy) is 1. The Morgan fingerprint density at radius 2 is 2.06 bits per heavy atom. The van der Waals surface area contributed by atoms with Gasteiger partial charge in [-0.3, -0.25) is 19.8 Å². The Balaban J connectivity index is 2.34. The summed E-state index contributed by atoms with van der Waals surface area (Å²) >= 11 is 0. The van der Waals surface area contributed by atoms with E-state index < -0.39 is 5.97 Å². The van der Waals surface area contributed by atoms with E-state index >= 15 is 0 Å². The molecule has 1 N–H and O–H groups in total. The van der Waals surface area contributed by atoms with Crippen molar-refractivity contribution in [3.8, 4) is 0 Å². The molecule has 0 aromatic rings. The predicted octanol–water partition coefficient (Wildman–Crippen LogP) is -0.936. The zero-order valence-electron chi connectivity index (χ0n) is 9.06. The topological polar surface area (TPSA) is 75.7 Å². The van der Waals surface area contributed by atoms with Crippen molar-refractivity contribution in [2.45, 2.75) is 6.92 Å². The summed E-state index contributed by atoms with van der Waals surface area (Å²) < 4.78 is 4.68. The Bertz CT molecular complexity index is 309. The summed E-state index contributed by atoms with van der Waals surface area (Å²) in [6.07, 6.45) is 2.87. The maximum Gasteiger partial charge on any atom is 0.330 e. The van der Waals surface area contributed by atoms with Crippen LogP contribution >= 0.6 is 0 Å². The number of hydrogen-bond acceptors (Lipinski definition) is 5. The number of nitrogens with zero attached hydrogens (tertiary/aromatic N) is 1. The second kappa shape index (κ2) is 6.02. The van der Waals surface area contributed by atoms with E-state index in [1.165, 1.54) is 6.08 Å². The van der Waals surface area contributed by atoms with Crippen LogP contribution in [0.2, 0.25) is 0 Å². The number of imide groups is 1. The fourth-order valence-electron chi connectivity index (χ4n) is 1.31. The largest absolute Gasteiger partial charge is 0.463 e. The van der Waals surface area contributed by atoms with E-state index in [9.17, 15) is 14.4 Å². The van der Waals surface area contributed by atoms with Gasteiger partial charge in [-0.1, -0.05) is 6.08 Å². The van der Waals surface area contributed by atoms with E-state index in [-0.39, 0.29) is 24.9 Å². The third-order valence-corrected chi connectivity index (χ3v) is 1.92. The summed E-state index contributed by atoms with van der Waals surface area (Å²) in [6, 6.07) is 0. The Morgan fingerprint density at radius 3 is 2.62 bits per heavy atom. The molecule has 0 unspecified atom stereocenters. The van der Waals surface area contributed by atoms with Crippen LogP contribution in [0.1, 0.15) is 6.92 Å². The highest BCUT2D eigenvalue weighted by molar-refractivity contribution is 5.99. The van der Waals surface area contributed by atoms with Gasteiger partial charge < -0.3 is 4.74 Å². The minimum atomic E-state index is -0.421. The van der Waals surface area contributed by atoms with Gasteiger partial charge in [0, 0.05) is 12.6 Å². The van der Waals surface area contributed by atoms with E-state index in [1.54, 1.807) is 17.9 Å². The number of esters is 1. The Labute approximate surface area is 93.2 Å². The molecule has 16 heavy (non-hydrogen) atoms. The summed E-state index contributed by atoms with van der Waals surface area (Å²) in [6.45, 7) is 2.75. The summed E-state index contributed by atoms with van der Waals surface area (Å²) in [5, 5.41) is 2.19. The molecule has 6 nitrogen and oxygen atoms in total. The molecule has 0 aromatic heterocycles. The van der Waals surface area contributed by atoms with Gasteiger partial charge in [0.25, 0.3) is 0 Å². The second-order valence-electron chi connectivity index (χ2n) is 3.30. The summed E-state index contributed by atoms with van der Waals surface area (Å²) in [7, 11) is 0. The van der Waals surface area contributed by atoms with E-state index in [2.05, 4.69) is 10.1 Å². The first kappa shape index (κ1) is 12.4. The minimum absolute atomic E-state index is 0.166.